The maximum absolute atomic E-state index is 11.5. The minimum Gasteiger partial charge on any atom is -0.483 e. The van der Waals surface area contributed by atoms with Gasteiger partial charge in [0.2, 0.25) is 0 Å². The Morgan fingerprint density at radius 1 is 1.47 bits per heavy atom. The second-order valence-electron chi connectivity index (χ2n) is 3.59. The van der Waals surface area contributed by atoms with Crippen molar-refractivity contribution in [2.24, 2.45) is 0 Å². The van der Waals surface area contributed by atoms with Gasteiger partial charge in [-0.05, 0) is 18.6 Å². The SMILES string of the molecule is Cc1ccccc1OCC(=O)Nc1cn[nH]c1. The molecule has 1 heterocycles. The van der Waals surface area contributed by atoms with Crippen molar-refractivity contribution in [3.05, 3.63) is 42.2 Å². The van der Waals surface area contributed by atoms with E-state index in [1.165, 1.54) is 6.20 Å². The van der Waals surface area contributed by atoms with Gasteiger partial charge in [-0.15, -0.1) is 0 Å². The standard InChI is InChI=1S/C12H13N3O2/c1-9-4-2-3-5-11(9)17-8-12(16)15-10-6-13-14-7-10/h2-7H,8H2,1H3,(H,13,14)(H,15,16). The van der Waals surface area contributed by atoms with Crippen molar-refractivity contribution in [1.82, 2.24) is 10.2 Å². The molecule has 1 aromatic carbocycles. The topological polar surface area (TPSA) is 67.0 Å². The van der Waals surface area contributed by atoms with Gasteiger partial charge < -0.3 is 10.1 Å². The molecule has 1 amide bonds. The number of aromatic amines is 1. The summed E-state index contributed by atoms with van der Waals surface area (Å²) in [6, 6.07) is 7.56. The van der Waals surface area contributed by atoms with Gasteiger partial charge in [-0.25, -0.2) is 0 Å². The number of aromatic nitrogens is 2. The van der Waals surface area contributed by atoms with Gasteiger partial charge in [-0.3, -0.25) is 9.89 Å². The summed E-state index contributed by atoms with van der Waals surface area (Å²) in [5, 5.41) is 8.99. The van der Waals surface area contributed by atoms with Crippen LogP contribution in [0.1, 0.15) is 5.56 Å². The lowest BCUT2D eigenvalue weighted by atomic mass is 10.2. The van der Waals surface area contributed by atoms with Crippen molar-refractivity contribution < 1.29 is 9.53 Å². The summed E-state index contributed by atoms with van der Waals surface area (Å²) in [5.41, 5.74) is 1.63. The van der Waals surface area contributed by atoms with E-state index >= 15 is 0 Å². The molecule has 2 rings (SSSR count). The van der Waals surface area contributed by atoms with Crippen molar-refractivity contribution in [3.63, 3.8) is 0 Å². The van der Waals surface area contributed by atoms with E-state index in [1.54, 1.807) is 6.20 Å². The number of ether oxygens (including phenoxy) is 1. The Labute approximate surface area is 98.8 Å². The Hall–Kier alpha value is -2.30. The number of benzene rings is 1. The minimum atomic E-state index is -0.213. The number of hydrogen-bond donors (Lipinski definition) is 2. The average Bonchev–Trinajstić information content (AvgIpc) is 2.81. The molecule has 17 heavy (non-hydrogen) atoms. The number of anilines is 1. The Kier molecular flexibility index (Phi) is 3.40. The molecular formula is C12H13N3O2. The third kappa shape index (κ3) is 3.07. The largest absolute Gasteiger partial charge is 0.483 e. The van der Waals surface area contributed by atoms with E-state index in [4.69, 9.17) is 4.74 Å². The first-order valence-corrected chi connectivity index (χ1v) is 5.23. The molecule has 0 fully saturated rings. The van der Waals surface area contributed by atoms with Gasteiger partial charge in [0.25, 0.3) is 5.91 Å². The normalized spacial score (nSPS) is 9.94. The van der Waals surface area contributed by atoms with E-state index in [-0.39, 0.29) is 12.5 Å². The first-order chi connectivity index (χ1) is 8.25. The van der Waals surface area contributed by atoms with E-state index < -0.39 is 0 Å². The highest BCUT2D eigenvalue weighted by Gasteiger charge is 2.05. The van der Waals surface area contributed by atoms with Gasteiger partial charge >= 0.3 is 0 Å². The van der Waals surface area contributed by atoms with E-state index in [0.29, 0.717) is 5.69 Å². The van der Waals surface area contributed by atoms with Crippen LogP contribution in [0.3, 0.4) is 0 Å². The molecule has 2 N–H and O–H groups in total. The van der Waals surface area contributed by atoms with E-state index in [9.17, 15) is 4.79 Å². The van der Waals surface area contributed by atoms with Crippen LogP contribution in [-0.4, -0.2) is 22.7 Å². The highest BCUT2D eigenvalue weighted by molar-refractivity contribution is 5.91. The van der Waals surface area contributed by atoms with Crippen LogP contribution in [-0.2, 0) is 4.79 Å². The molecule has 0 aliphatic heterocycles. The number of nitrogens with one attached hydrogen (secondary N) is 2. The Balaban J connectivity index is 1.86. The van der Waals surface area contributed by atoms with Crippen molar-refractivity contribution in [1.29, 1.82) is 0 Å². The number of hydrogen-bond acceptors (Lipinski definition) is 3. The summed E-state index contributed by atoms with van der Waals surface area (Å²) in [4.78, 5) is 11.5. The van der Waals surface area contributed by atoms with Crippen LogP contribution in [0.25, 0.3) is 0 Å². The molecule has 0 unspecified atom stereocenters. The number of para-hydroxylation sites is 1. The van der Waals surface area contributed by atoms with Gasteiger partial charge in [0, 0.05) is 6.20 Å². The minimum absolute atomic E-state index is 0.0178. The summed E-state index contributed by atoms with van der Waals surface area (Å²) < 4.78 is 5.40. The van der Waals surface area contributed by atoms with Crippen LogP contribution in [0.2, 0.25) is 0 Å². The molecular weight excluding hydrogens is 218 g/mol. The molecule has 5 heteroatoms. The second kappa shape index (κ2) is 5.16. The highest BCUT2D eigenvalue weighted by Crippen LogP contribution is 2.15. The highest BCUT2D eigenvalue weighted by atomic mass is 16.5. The lowest BCUT2D eigenvalue weighted by Crippen LogP contribution is -2.20. The molecule has 0 aliphatic carbocycles. The molecule has 0 spiro atoms. The van der Waals surface area contributed by atoms with Crippen LogP contribution in [0.5, 0.6) is 5.75 Å². The van der Waals surface area contributed by atoms with Gasteiger partial charge in [0.15, 0.2) is 6.61 Å². The molecule has 2 aromatic rings. The van der Waals surface area contributed by atoms with Crippen LogP contribution < -0.4 is 10.1 Å². The maximum Gasteiger partial charge on any atom is 0.262 e. The van der Waals surface area contributed by atoms with Crippen LogP contribution in [0.15, 0.2) is 36.7 Å². The summed E-state index contributed by atoms with van der Waals surface area (Å²) in [7, 11) is 0. The predicted octanol–water partition coefficient (Wildman–Crippen LogP) is 1.74. The number of carbonyl (C=O) groups excluding carboxylic acids is 1. The van der Waals surface area contributed by atoms with E-state index in [0.717, 1.165) is 11.3 Å². The van der Waals surface area contributed by atoms with Gasteiger partial charge in [-0.1, -0.05) is 18.2 Å². The fraction of sp³-hybridized carbons (Fsp3) is 0.167. The number of carbonyl (C=O) groups is 1. The summed E-state index contributed by atoms with van der Waals surface area (Å²) in [6.07, 6.45) is 3.14. The zero-order valence-electron chi connectivity index (χ0n) is 9.43. The lowest BCUT2D eigenvalue weighted by molar-refractivity contribution is -0.118. The average molecular weight is 231 g/mol. The van der Waals surface area contributed by atoms with Gasteiger partial charge in [-0.2, -0.15) is 5.10 Å². The molecule has 0 saturated carbocycles. The number of aryl methyl sites for hydroxylation is 1. The molecule has 1 aromatic heterocycles. The Morgan fingerprint density at radius 3 is 3.00 bits per heavy atom. The van der Waals surface area contributed by atoms with Crippen molar-refractivity contribution in [2.45, 2.75) is 6.92 Å². The summed E-state index contributed by atoms with van der Waals surface area (Å²) in [5.74, 6) is 0.504. The van der Waals surface area contributed by atoms with Crippen molar-refractivity contribution in [3.8, 4) is 5.75 Å². The Bertz CT molecular complexity index is 494. The van der Waals surface area contributed by atoms with Crippen LogP contribution >= 0.6 is 0 Å². The van der Waals surface area contributed by atoms with Gasteiger partial charge in [0.1, 0.15) is 5.75 Å². The van der Waals surface area contributed by atoms with Crippen LogP contribution in [0.4, 0.5) is 5.69 Å². The molecule has 5 nitrogen and oxygen atoms in total. The maximum atomic E-state index is 11.5. The summed E-state index contributed by atoms with van der Waals surface area (Å²) >= 11 is 0. The molecule has 88 valence electrons. The summed E-state index contributed by atoms with van der Waals surface area (Å²) in [6.45, 7) is 1.92. The predicted molar refractivity (Wildman–Crippen MR) is 63.9 cm³/mol. The fourth-order valence-corrected chi connectivity index (χ4v) is 1.38. The number of rotatable bonds is 4. The van der Waals surface area contributed by atoms with E-state index in [1.807, 2.05) is 31.2 Å². The number of nitrogens with zero attached hydrogens (tertiary/aromatic N) is 1. The molecule has 0 bridgehead atoms. The van der Waals surface area contributed by atoms with Crippen LogP contribution in [0, 0.1) is 6.92 Å². The third-order valence-corrected chi connectivity index (χ3v) is 2.23. The molecule has 0 radical (unpaired) electrons. The second-order valence-corrected chi connectivity index (χ2v) is 3.59. The first-order valence-electron chi connectivity index (χ1n) is 5.23. The Morgan fingerprint density at radius 2 is 2.29 bits per heavy atom. The molecule has 0 aliphatic rings. The van der Waals surface area contributed by atoms with Crippen molar-refractivity contribution in [2.75, 3.05) is 11.9 Å². The molecule has 0 atom stereocenters. The lowest BCUT2D eigenvalue weighted by Gasteiger charge is -2.08. The fourth-order valence-electron chi connectivity index (χ4n) is 1.38. The van der Waals surface area contributed by atoms with Crippen molar-refractivity contribution >= 4 is 11.6 Å². The number of H-pyrrole nitrogens is 1. The van der Waals surface area contributed by atoms with E-state index in [2.05, 4.69) is 15.5 Å². The molecule has 0 saturated heterocycles. The number of amides is 1. The third-order valence-electron chi connectivity index (χ3n) is 2.23. The first kappa shape index (κ1) is 11.2. The zero-order valence-corrected chi connectivity index (χ0v) is 9.43. The van der Waals surface area contributed by atoms with Gasteiger partial charge in [0.05, 0.1) is 11.9 Å². The smallest absolute Gasteiger partial charge is 0.262 e. The zero-order chi connectivity index (χ0) is 12.1. The monoisotopic (exact) mass is 231 g/mol. The quantitative estimate of drug-likeness (QED) is 0.842.